The fourth-order valence-electron chi connectivity index (χ4n) is 1.25. The molecule has 0 amide bonds. The predicted octanol–water partition coefficient (Wildman–Crippen LogP) is 3.77. The molecule has 0 radical (unpaired) electrons. The minimum Gasteiger partial charge on any atom is -0.288 e. The van der Waals surface area contributed by atoms with E-state index in [2.05, 4.69) is 0 Å². The van der Waals surface area contributed by atoms with Gasteiger partial charge >= 0.3 is 0 Å². The molecule has 0 N–H and O–H groups in total. The van der Waals surface area contributed by atoms with Crippen LogP contribution in [0.3, 0.4) is 0 Å². The van der Waals surface area contributed by atoms with Crippen molar-refractivity contribution in [3.05, 3.63) is 57.0 Å². The number of rotatable bonds is 2. The molecule has 2 rings (SSSR count). The van der Waals surface area contributed by atoms with Crippen LogP contribution in [0, 0.1) is 5.82 Å². The minimum absolute atomic E-state index is 0.0578. The van der Waals surface area contributed by atoms with Crippen molar-refractivity contribution >= 4 is 28.7 Å². The highest BCUT2D eigenvalue weighted by molar-refractivity contribution is 7.08. The smallest absolute Gasteiger partial charge is 0.198 e. The Morgan fingerprint density at radius 3 is 2.73 bits per heavy atom. The zero-order chi connectivity index (χ0) is 10.8. The molecule has 0 aliphatic rings. The summed E-state index contributed by atoms with van der Waals surface area (Å²) >= 11 is 7.17. The predicted molar refractivity (Wildman–Crippen MR) is 59.2 cm³/mol. The molecule has 1 heterocycles. The van der Waals surface area contributed by atoms with Crippen molar-refractivity contribution in [3.8, 4) is 0 Å². The Labute approximate surface area is 95.1 Å². The molecule has 1 aromatic heterocycles. The first kappa shape index (κ1) is 10.3. The van der Waals surface area contributed by atoms with E-state index < -0.39 is 5.82 Å². The SMILES string of the molecule is O=C(c1ccsc1)c1c(F)cccc1Cl. The lowest BCUT2D eigenvalue weighted by molar-refractivity contribution is 0.103. The van der Waals surface area contributed by atoms with Gasteiger partial charge in [-0.2, -0.15) is 11.3 Å². The molecule has 76 valence electrons. The Morgan fingerprint density at radius 2 is 2.13 bits per heavy atom. The van der Waals surface area contributed by atoms with Gasteiger partial charge in [0.15, 0.2) is 5.78 Å². The van der Waals surface area contributed by atoms with Gasteiger partial charge in [0.1, 0.15) is 5.82 Å². The highest BCUT2D eigenvalue weighted by Gasteiger charge is 2.17. The molecule has 0 saturated heterocycles. The van der Waals surface area contributed by atoms with Crippen LogP contribution in [0.2, 0.25) is 5.02 Å². The fraction of sp³-hybridized carbons (Fsp3) is 0. The van der Waals surface area contributed by atoms with E-state index in [0.717, 1.165) is 0 Å². The van der Waals surface area contributed by atoms with E-state index in [0.29, 0.717) is 5.56 Å². The minimum atomic E-state index is -0.585. The molecule has 0 fully saturated rings. The van der Waals surface area contributed by atoms with Gasteiger partial charge in [0.25, 0.3) is 0 Å². The first-order valence-corrected chi connectivity index (χ1v) is 5.53. The van der Waals surface area contributed by atoms with E-state index in [-0.39, 0.29) is 16.4 Å². The molecule has 2 aromatic rings. The van der Waals surface area contributed by atoms with Crippen molar-refractivity contribution in [1.29, 1.82) is 0 Å². The summed E-state index contributed by atoms with van der Waals surface area (Å²) < 4.78 is 13.4. The summed E-state index contributed by atoms with van der Waals surface area (Å²) in [7, 11) is 0. The Kier molecular flexibility index (Phi) is 2.84. The number of hydrogen-bond donors (Lipinski definition) is 0. The third-order valence-electron chi connectivity index (χ3n) is 1.97. The van der Waals surface area contributed by atoms with Crippen LogP contribution in [0.5, 0.6) is 0 Å². The van der Waals surface area contributed by atoms with Gasteiger partial charge < -0.3 is 0 Å². The first-order chi connectivity index (χ1) is 7.20. The number of carbonyl (C=O) groups excluding carboxylic acids is 1. The third-order valence-corrected chi connectivity index (χ3v) is 2.97. The second kappa shape index (κ2) is 4.13. The van der Waals surface area contributed by atoms with Gasteiger partial charge in [-0.05, 0) is 23.6 Å². The fourth-order valence-corrected chi connectivity index (χ4v) is 2.14. The van der Waals surface area contributed by atoms with Crippen LogP contribution in [0.15, 0.2) is 35.0 Å². The first-order valence-electron chi connectivity index (χ1n) is 4.21. The molecule has 0 spiro atoms. The third kappa shape index (κ3) is 1.94. The lowest BCUT2D eigenvalue weighted by atomic mass is 10.1. The lowest BCUT2D eigenvalue weighted by Gasteiger charge is -2.02. The largest absolute Gasteiger partial charge is 0.288 e. The molecule has 0 aliphatic carbocycles. The van der Waals surface area contributed by atoms with Gasteiger partial charge in [-0.1, -0.05) is 17.7 Å². The summed E-state index contributed by atoms with van der Waals surface area (Å²) in [4.78, 5) is 11.8. The van der Waals surface area contributed by atoms with Gasteiger partial charge in [0.05, 0.1) is 10.6 Å². The van der Waals surface area contributed by atoms with Gasteiger partial charge in [-0.15, -0.1) is 0 Å². The van der Waals surface area contributed by atoms with Crippen molar-refractivity contribution in [2.45, 2.75) is 0 Å². The Balaban J connectivity index is 2.51. The summed E-state index contributed by atoms with van der Waals surface area (Å²) in [5.41, 5.74) is 0.407. The summed E-state index contributed by atoms with van der Waals surface area (Å²) in [5, 5.41) is 3.58. The van der Waals surface area contributed by atoms with Crippen molar-refractivity contribution in [3.63, 3.8) is 0 Å². The van der Waals surface area contributed by atoms with Crippen LogP contribution >= 0.6 is 22.9 Å². The van der Waals surface area contributed by atoms with Gasteiger partial charge in [0.2, 0.25) is 0 Å². The molecule has 0 unspecified atom stereocenters. The number of carbonyl (C=O) groups is 1. The lowest BCUT2D eigenvalue weighted by Crippen LogP contribution is -2.03. The number of benzene rings is 1. The average Bonchev–Trinajstić information content (AvgIpc) is 2.69. The van der Waals surface area contributed by atoms with E-state index in [4.69, 9.17) is 11.6 Å². The van der Waals surface area contributed by atoms with Crippen molar-refractivity contribution < 1.29 is 9.18 Å². The maximum Gasteiger partial charge on any atom is 0.198 e. The zero-order valence-electron chi connectivity index (χ0n) is 7.54. The number of thiophene rings is 1. The molecule has 1 aromatic carbocycles. The quantitative estimate of drug-likeness (QED) is 0.731. The van der Waals surface area contributed by atoms with Gasteiger partial charge in [0, 0.05) is 10.9 Å². The number of ketones is 1. The Bertz CT molecular complexity index is 473. The molecular weight excluding hydrogens is 235 g/mol. The van der Waals surface area contributed by atoms with E-state index in [1.807, 2.05) is 0 Å². The van der Waals surface area contributed by atoms with Crippen LogP contribution in [0.1, 0.15) is 15.9 Å². The van der Waals surface area contributed by atoms with Crippen LogP contribution in [-0.2, 0) is 0 Å². The summed E-state index contributed by atoms with van der Waals surface area (Å²) in [5.74, 6) is -0.960. The molecule has 0 aliphatic heterocycles. The van der Waals surface area contributed by atoms with Gasteiger partial charge in [-0.3, -0.25) is 4.79 Å². The van der Waals surface area contributed by atoms with E-state index in [1.165, 1.54) is 29.5 Å². The number of halogens is 2. The average molecular weight is 241 g/mol. The Hall–Kier alpha value is -1.19. The van der Waals surface area contributed by atoms with Gasteiger partial charge in [-0.25, -0.2) is 4.39 Å². The summed E-state index contributed by atoms with van der Waals surface area (Å²) in [6, 6.07) is 5.85. The molecule has 4 heteroatoms. The van der Waals surface area contributed by atoms with Crippen molar-refractivity contribution in [2.75, 3.05) is 0 Å². The van der Waals surface area contributed by atoms with Crippen LogP contribution in [0.4, 0.5) is 4.39 Å². The van der Waals surface area contributed by atoms with Crippen LogP contribution < -0.4 is 0 Å². The molecule has 0 atom stereocenters. The number of hydrogen-bond acceptors (Lipinski definition) is 2. The van der Waals surface area contributed by atoms with E-state index in [9.17, 15) is 9.18 Å². The van der Waals surface area contributed by atoms with Crippen LogP contribution in [0.25, 0.3) is 0 Å². The standard InChI is InChI=1S/C11H6ClFOS/c12-8-2-1-3-9(13)10(8)11(14)7-4-5-15-6-7/h1-6H. The Morgan fingerprint density at radius 1 is 1.33 bits per heavy atom. The second-order valence-corrected chi connectivity index (χ2v) is 4.13. The highest BCUT2D eigenvalue weighted by Crippen LogP contribution is 2.23. The van der Waals surface area contributed by atoms with Crippen molar-refractivity contribution in [1.82, 2.24) is 0 Å². The molecule has 0 bridgehead atoms. The molecular formula is C11H6ClFOS. The topological polar surface area (TPSA) is 17.1 Å². The molecule has 1 nitrogen and oxygen atoms in total. The monoisotopic (exact) mass is 240 g/mol. The second-order valence-electron chi connectivity index (χ2n) is 2.94. The molecule has 0 saturated carbocycles. The van der Waals surface area contributed by atoms with Crippen LogP contribution in [-0.4, -0.2) is 5.78 Å². The van der Waals surface area contributed by atoms with E-state index >= 15 is 0 Å². The highest BCUT2D eigenvalue weighted by atomic mass is 35.5. The summed E-state index contributed by atoms with van der Waals surface area (Å²) in [6.07, 6.45) is 0. The van der Waals surface area contributed by atoms with Crippen molar-refractivity contribution in [2.24, 2.45) is 0 Å². The van der Waals surface area contributed by atoms with E-state index in [1.54, 1.807) is 16.8 Å². The molecule has 15 heavy (non-hydrogen) atoms. The zero-order valence-corrected chi connectivity index (χ0v) is 9.11. The summed E-state index contributed by atoms with van der Waals surface area (Å²) in [6.45, 7) is 0. The maximum atomic E-state index is 13.4. The maximum absolute atomic E-state index is 13.4. The normalized spacial score (nSPS) is 10.3.